The third-order valence-electron chi connectivity index (χ3n) is 10.7. The first-order valence-corrected chi connectivity index (χ1v) is 23.3. The Labute approximate surface area is 370 Å². The van der Waals surface area contributed by atoms with Crippen molar-refractivity contribution in [3.63, 3.8) is 0 Å². The molecule has 4 amide bonds. The molecule has 0 aromatic heterocycles. The van der Waals surface area contributed by atoms with E-state index in [1.807, 2.05) is 96.9 Å². The molecule has 7 atom stereocenters. The predicted molar refractivity (Wildman–Crippen MR) is 246 cm³/mol. The van der Waals surface area contributed by atoms with Crippen LogP contribution in [0.25, 0.3) is 0 Å². The number of likely N-dealkylation sites (N-methyl/N-ethyl adjacent to an activating group) is 2. The van der Waals surface area contributed by atoms with Gasteiger partial charge in [0.2, 0.25) is 23.6 Å². The molecule has 0 aliphatic carbocycles. The van der Waals surface area contributed by atoms with E-state index in [0.29, 0.717) is 12.0 Å². The standard InChI is InChI=1S/C44H82N6O8S2/c1-21-57-39(55)27(7)23-29(25(3)4)49(19)37(53)33(41(9,10)11)47-35(51)31(45)43(15,16)59-60-44(17,18)32(46)36(52)48-34(42(12,13)14)38(54)50(20)30(26(5)6)24-28(8)40(56)58-22-2/h23,25-26,28-34H,21-22,24,45-46H2,1-20H3,(H,47,51)(H,48,52)/b27-23+/t28?,29-,30?,31?,32?,33?,34?/m1/s1. The molecule has 0 saturated carbocycles. The Hall–Kier alpha value is -2.82. The molecular weight excluding hydrogens is 805 g/mol. The Bertz CT molecular complexity index is 1500. The lowest BCUT2D eigenvalue weighted by Gasteiger charge is -2.40. The van der Waals surface area contributed by atoms with Gasteiger partial charge in [0, 0.05) is 35.2 Å². The summed E-state index contributed by atoms with van der Waals surface area (Å²) >= 11 is 0. The number of nitrogens with two attached hydrogens (primary N) is 2. The van der Waals surface area contributed by atoms with E-state index in [1.165, 1.54) is 21.6 Å². The molecule has 16 heteroatoms. The Morgan fingerprint density at radius 3 is 1.37 bits per heavy atom. The van der Waals surface area contributed by atoms with Crippen LogP contribution in [0.1, 0.15) is 131 Å². The quantitative estimate of drug-likeness (QED) is 0.0587. The zero-order valence-electron chi connectivity index (χ0n) is 40.5. The highest BCUT2D eigenvalue weighted by molar-refractivity contribution is 8.77. The molecule has 0 rings (SSSR count). The van der Waals surface area contributed by atoms with Gasteiger partial charge in [0.1, 0.15) is 12.1 Å². The number of hydrogen-bond acceptors (Lipinski definition) is 12. The minimum absolute atomic E-state index is 0.0211. The third-order valence-corrected chi connectivity index (χ3v) is 15.0. The number of ether oxygens (including phenoxy) is 2. The maximum absolute atomic E-state index is 14.1. The van der Waals surface area contributed by atoms with E-state index in [9.17, 15) is 28.8 Å². The lowest BCUT2D eigenvalue weighted by molar-refractivity contribution is -0.149. The van der Waals surface area contributed by atoms with E-state index < -0.39 is 74.2 Å². The number of amides is 4. The summed E-state index contributed by atoms with van der Waals surface area (Å²) in [5.41, 5.74) is 12.3. The molecule has 0 heterocycles. The summed E-state index contributed by atoms with van der Waals surface area (Å²) in [6.45, 7) is 33.7. The van der Waals surface area contributed by atoms with Crippen molar-refractivity contribution in [1.29, 1.82) is 0 Å². The van der Waals surface area contributed by atoms with Crippen molar-refractivity contribution in [3.8, 4) is 0 Å². The minimum Gasteiger partial charge on any atom is -0.466 e. The topological polar surface area (TPSA) is 203 Å². The monoisotopic (exact) mass is 887 g/mol. The third kappa shape index (κ3) is 16.8. The van der Waals surface area contributed by atoms with E-state index in [1.54, 1.807) is 57.7 Å². The van der Waals surface area contributed by atoms with E-state index in [2.05, 4.69) is 10.6 Å². The van der Waals surface area contributed by atoms with Crippen molar-refractivity contribution in [2.45, 2.75) is 177 Å². The molecule has 0 aromatic rings. The summed E-state index contributed by atoms with van der Waals surface area (Å²) in [5.74, 6) is -2.91. The molecule has 0 aliphatic heterocycles. The first kappa shape index (κ1) is 57.2. The fourth-order valence-electron chi connectivity index (χ4n) is 6.37. The summed E-state index contributed by atoms with van der Waals surface area (Å²) in [6.07, 6.45) is 2.12. The maximum Gasteiger partial charge on any atom is 0.333 e. The Morgan fingerprint density at radius 2 is 1.03 bits per heavy atom. The van der Waals surface area contributed by atoms with Crippen molar-refractivity contribution >= 4 is 57.2 Å². The summed E-state index contributed by atoms with van der Waals surface area (Å²) in [7, 11) is 5.96. The number of carbonyl (C=O) groups excluding carboxylic acids is 6. The van der Waals surface area contributed by atoms with Crippen LogP contribution in [0.5, 0.6) is 0 Å². The molecule has 0 radical (unpaired) electrons. The first-order chi connectivity index (χ1) is 27.1. The summed E-state index contributed by atoms with van der Waals surface area (Å²) in [4.78, 5) is 84.0. The van der Waals surface area contributed by atoms with Crippen molar-refractivity contribution in [2.75, 3.05) is 27.3 Å². The van der Waals surface area contributed by atoms with Gasteiger partial charge in [0.15, 0.2) is 0 Å². The van der Waals surface area contributed by atoms with Crippen LogP contribution in [0.15, 0.2) is 11.6 Å². The highest BCUT2D eigenvalue weighted by atomic mass is 33.1. The number of nitrogens with one attached hydrogen (secondary N) is 2. The van der Waals surface area contributed by atoms with Gasteiger partial charge in [-0.05, 0) is 77.6 Å². The van der Waals surface area contributed by atoms with Gasteiger partial charge < -0.3 is 41.4 Å². The molecule has 14 nitrogen and oxygen atoms in total. The second-order valence-electron chi connectivity index (χ2n) is 19.8. The molecule has 348 valence electrons. The Balaban J connectivity index is 6.15. The SMILES string of the molecule is CCOC(=O)/C(C)=C/[C@H](C(C)C)N(C)C(=O)C(NC(=O)C(N)C(C)(C)SSC(C)(C)C(N)C(=O)NC(C(=O)N(C)C(CC(C)C(=O)OCC)C(C)C)C(C)(C)C)C(C)(C)C. The highest BCUT2D eigenvalue weighted by Crippen LogP contribution is 2.46. The van der Waals surface area contributed by atoms with Crippen molar-refractivity contribution in [2.24, 2.45) is 40.1 Å². The van der Waals surface area contributed by atoms with Gasteiger partial charge >= 0.3 is 11.9 Å². The minimum atomic E-state index is -1.08. The Morgan fingerprint density at radius 1 is 0.650 bits per heavy atom. The van der Waals surface area contributed by atoms with Gasteiger partial charge in [-0.25, -0.2) is 4.79 Å². The van der Waals surface area contributed by atoms with Crippen LogP contribution in [0, 0.1) is 28.6 Å². The van der Waals surface area contributed by atoms with Crippen LogP contribution in [0.3, 0.4) is 0 Å². The fourth-order valence-corrected chi connectivity index (χ4v) is 9.13. The lowest BCUT2D eigenvalue weighted by Crippen LogP contribution is -2.62. The van der Waals surface area contributed by atoms with Crippen molar-refractivity contribution < 1.29 is 38.2 Å². The first-order valence-electron chi connectivity index (χ1n) is 21.1. The molecule has 0 aliphatic rings. The lowest BCUT2D eigenvalue weighted by atomic mass is 9.84. The van der Waals surface area contributed by atoms with Gasteiger partial charge in [-0.15, -0.1) is 0 Å². The van der Waals surface area contributed by atoms with Crippen LogP contribution in [-0.4, -0.2) is 118 Å². The van der Waals surface area contributed by atoms with E-state index in [-0.39, 0.29) is 48.9 Å². The molecule has 0 bridgehead atoms. The molecule has 0 spiro atoms. The average molecular weight is 887 g/mol. The van der Waals surface area contributed by atoms with E-state index in [0.717, 1.165) is 0 Å². The van der Waals surface area contributed by atoms with Crippen LogP contribution in [0.4, 0.5) is 0 Å². The highest BCUT2D eigenvalue weighted by Gasteiger charge is 2.44. The summed E-state index contributed by atoms with van der Waals surface area (Å²) < 4.78 is 8.55. The van der Waals surface area contributed by atoms with Crippen LogP contribution >= 0.6 is 21.6 Å². The molecule has 0 aromatic carbocycles. The molecule has 6 unspecified atom stereocenters. The number of nitrogens with zero attached hydrogens (tertiary/aromatic N) is 2. The van der Waals surface area contributed by atoms with Crippen LogP contribution < -0.4 is 22.1 Å². The fraction of sp³-hybridized carbons (Fsp3) is 0.818. The van der Waals surface area contributed by atoms with Crippen LogP contribution in [-0.2, 0) is 38.2 Å². The molecule has 0 saturated heterocycles. The summed E-state index contributed by atoms with van der Waals surface area (Å²) in [5, 5.41) is 5.87. The largest absolute Gasteiger partial charge is 0.466 e. The van der Waals surface area contributed by atoms with Gasteiger partial charge in [0.05, 0.1) is 37.3 Å². The molecular formula is C44H82N6O8S2. The van der Waals surface area contributed by atoms with Gasteiger partial charge in [-0.3, -0.25) is 24.0 Å². The van der Waals surface area contributed by atoms with Gasteiger partial charge in [-0.2, -0.15) is 0 Å². The molecule has 60 heavy (non-hydrogen) atoms. The second-order valence-corrected chi connectivity index (χ2v) is 23.3. The van der Waals surface area contributed by atoms with E-state index >= 15 is 0 Å². The van der Waals surface area contributed by atoms with Gasteiger partial charge in [0.25, 0.3) is 0 Å². The van der Waals surface area contributed by atoms with Crippen molar-refractivity contribution in [3.05, 3.63) is 11.6 Å². The maximum atomic E-state index is 14.1. The number of hydrogen-bond donors (Lipinski definition) is 4. The smallest absolute Gasteiger partial charge is 0.333 e. The summed E-state index contributed by atoms with van der Waals surface area (Å²) in [6, 6.07) is -4.77. The Kier molecular flexibility index (Phi) is 22.5. The van der Waals surface area contributed by atoms with Gasteiger partial charge in [-0.1, -0.05) is 104 Å². The predicted octanol–water partition coefficient (Wildman–Crippen LogP) is 5.71. The van der Waals surface area contributed by atoms with Crippen molar-refractivity contribution in [1.82, 2.24) is 20.4 Å². The number of rotatable bonds is 22. The van der Waals surface area contributed by atoms with E-state index in [4.69, 9.17) is 20.9 Å². The number of carbonyl (C=O) groups is 6. The zero-order chi connectivity index (χ0) is 47.5. The normalized spacial score (nSPS) is 16.5. The molecule has 6 N–H and O–H groups in total. The molecule has 0 fully saturated rings. The average Bonchev–Trinajstić information content (AvgIpc) is 3.13. The van der Waals surface area contributed by atoms with Crippen LogP contribution in [0.2, 0.25) is 0 Å². The second kappa shape index (κ2) is 23.6. The number of esters is 2. The zero-order valence-corrected chi connectivity index (χ0v) is 42.2.